The van der Waals surface area contributed by atoms with Gasteiger partial charge in [-0.15, -0.1) is 0 Å². The zero-order valence-electron chi connectivity index (χ0n) is 35.6. The minimum atomic E-state index is 0.638. The van der Waals surface area contributed by atoms with Crippen LogP contribution in [0, 0.1) is 0 Å². The lowest BCUT2D eigenvalue weighted by molar-refractivity contribution is 0.620. The molecule has 0 fully saturated rings. The molecule has 1 heterocycles. The zero-order chi connectivity index (χ0) is 43.1. The van der Waals surface area contributed by atoms with Crippen LogP contribution in [0.4, 0.5) is 11.4 Å². The Kier molecular flexibility index (Phi) is 9.57. The fourth-order valence-electron chi connectivity index (χ4n) is 9.30. The van der Waals surface area contributed by atoms with Crippen molar-refractivity contribution in [1.29, 1.82) is 0 Å². The predicted molar refractivity (Wildman–Crippen MR) is 272 cm³/mol. The third kappa shape index (κ3) is 7.39. The number of nitrogens with zero attached hydrogens (tertiary/aromatic N) is 2. The molecule has 3 heteroatoms. The molecule has 0 radical (unpaired) electrons. The molecule has 306 valence electrons. The van der Waals surface area contributed by atoms with Gasteiger partial charge in [0.15, 0.2) is 5.58 Å². The highest BCUT2D eigenvalue weighted by Gasteiger charge is 2.16. The summed E-state index contributed by atoms with van der Waals surface area (Å²) in [7, 11) is 0. The van der Waals surface area contributed by atoms with E-state index in [9.17, 15) is 0 Å². The summed E-state index contributed by atoms with van der Waals surface area (Å²) in [6.07, 6.45) is 0. The molecule has 0 saturated heterocycles. The van der Waals surface area contributed by atoms with Crippen LogP contribution < -0.4 is 4.90 Å². The van der Waals surface area contributed by atoms with E-state index in [1.807, 2.05) is 6.07 Å². The average Bonchev–Trinajstić information content (AvgIpc) is 3.83. The van der Waals surface area contributed by atoms with E-state index in [2.05, 4.69) is 241 Å². The highest BCUT2D eigenvalue weighted by Crippen LogP contribution is 2.37. The Hall–Kier alpha value is -8.53. The third-order valence-corrected chi connectivity index (χ3v) is 12.8. The Morgan fingerprint density at radius 3 is 1.62 bits per heavy atom. The van der Waals surface area contributed by atoms with Crippen molar-refractivity contribution < 1.29 is 4.42 Å². The van der Waals surface area contributed by atoms with Crippen molar-refractivity contribution in [1.82, 2.24) is 4.98 Å². The molecular weight excluding hydrogens is 789 g/mol. The number of benzene rings is 11. The summed E-state index contributed by atoms with van der Waals surface area (Å²) in [6.45, 7) is 0.715. The predicted octanol–water partition coefficient (Wildman–Crippen LogP) is 17.0. The lowest BCUT2D eigenvalue weighted by Gasteiger charge is -2.27. The highest BCUT2D eigenvalue weighted by atomic mass is 16.3. The van der Waals surface area contributed by atoms with Gasteiger partial charge in [0, 0.05) is 28.9 Å². The molecule has 0 unspecified atom stereocenters. The molecule has 12 aromatic rings. The maximum absolute atomic E-state index is 6.29. The van der Waals surface area contributed by atoms with E-state index in [0.717, 1.165) is 44.4 Å². The average molecular weight is 831 g/mol. The maximum Gasteiger partial charge on any atom is 0.227 e. The first-order valence-electron chi connectivity index (χ1n) is 22.2. The molecule has 12 rings (SSSR count). The van der Waals surface area contributed by atoms with Gasteiger partial charge in [0.1, 0.15) is 5.52 Å². The van der Waals surface area contributed by atoms with Crippen LogP contribution in [0.2, 0.25) is 0 Å². The van der Waals surface area contributed by atoms with Gasteiger partial charge in [-0.1, -0.05) is 188 Å². The first-order chi connectivity index (χ1) is 32.2. The first kappa shape index (κ1) is 38.2. The Morgan fingerprint density at radius 2 is 0.831 bits per heavy atom. The van der Waals surface area contributed by atoms with Crippen LogP contribution in [0.3, 0.4) is 0 Å². The van der Waals surface area contributed by atoms with E-state index in [1.54, 1.807) is 0 Å². The fourth-order valence-corrected chi connectivity index (χ4v) is 9.30. The fraction of sp³-hybridized carbons (Fsp3) is 0.0161. The molecule has 0 amide bonds. The smallest absolute Gasteiger partial charge is 0.227 e. The number of aromatic nitrogens is 1. The summed E-state index contributed by atoms with van der Waals surface area (Å²) in [5, 5.41) is 7.02. The van der Waals surface area contributed by atoms with E-state index in [1.165, 1.54) is 66.1 Å². The lowest BCUT2D eigenvalue weighted by Crippen LogP contribution is -2.17. The van der Waals surface area contributed by atoms with Gasteiger partial charge in [-0.05, 0) is 132 Å². The third-order valence-electron chi connectivity index (χ3n) is 12.8. The van der Waals surface area contributed by atoms with Crippen LogP contribution in [0.25, 0.3) is 99.4 Å². The second kappa shape index (κ2) is 16.3. The van der Waals surface area contributed by atoms with Crippen LogP contribution in [-0.4, -0.2) is 4.98 Å². The van der Waals surface area contributed by atoms with Crippen molar-refractivity contribution in [3.05, 3.63) is 248 Å². The second-order valence-electron chi connectivity index (χ2n) is 16.8. The van der Waals surface area contributed by atoms with Crippen LogP contribution >= 0.6 is 0 Å². The molecule has 0 aliphatic carbocycles. The summed E-state index contributed by atoms with van der Waals surface area (Å²) in [4.78, 5) is 7.43. The zero-order valence-corrected chi connectivity index (χ0v) is 35.6. The van der Waals surface area contributed by atoms with Gasteiger partial charge < -0.3 is 9.32 Å². The highest BCUT2D eigenvalue weighted by molar-refractivity contribution is 6.05. The number of rotatable bonds is 9. The van der Waals surface area contributed by atoms with E-state index in [0.29, 0.717) is 12.4 Å². The molecule has 1 aromatic heterocycles. The second-order valence-corrected chi connectivity index (χ2v) is 16.8. The van der Waals surface area contributed by atoms with Crippen molar-refractivity contribution in [3.8, 4) is 56.0 Å². The van der Waals surface area contributed by atoms with Crippen LogP contribution in [0.1, 0.15) is 5.56 Å². The Labute approximate surface area is 378 Å². The molecule has 0 bridgehead atoms. The molecule has 0 aliphatic rings. The number of fused-ring (bicyclic) bond motifs is 5. The SMILES string of the molecule is c1ccc(-c2ccc3cc(N(Cc4ccccc4-c4ccccc4)c4ccc(-c5ccc(-c6ccc7c(ccc8oc(-c9ccc%10ccccc%10c9)nc87)c6)cc5)cc4)ccc3c2)cc1. The van der Waals surface area contributed by atoms with Crippen molar-refractivity contribution in [2.24, 2.45) is 0 Å². The summed E-state index contributed by atoms with van der Waals surface area (Å²) in [5.41, 5.74) is 15.8. The molecule has 0 spiro atoms. The molecule has 0 N–H and O–H groups in total. The molecular formula is C62H42N2O. The van der Waals surface area contributed by atoms with Gasteiger partial charge in [0.2, 0.25) is 5.89 Å². The van der Waals surface area contributed by atoms with Crippen molar-refractivity contribution >= 4 is 54.8 Å². The molecule has 0 aliphatic heterocycles. The molecule has 0 saturated carbocycles. The first-order valence-corrected chi connectivity index (χ1v) is 22.2. The number of oxazole rings is 1. The molecule has 11 aromatic carbocycles. The largest absolute Gasteiger partial charge is 0.436 e. The summed E-state index contributed by atoms with van der Waals surface area (Å²) in [5.74, 6) is 0.638. The molecule has 3 nitrogen and oxygen atoms in total. The monoisotopic (exact) mass is 830 g/mol. The van der Waals surface area contributed by atoms with Gasteiger partial charge in [-0.2, -0.15) is 0 Å². The van der Waals surface area contributed by atoms with E-state index >= 15 is 0 Å². The molecule has 65 heavy (non-hydrogen) atoms. The molecule has 0 atom stereocenters. The van der Waals surface area contributed by atoms with Crippen molar-refractivity contribution in [2.45, 2.75) is 6.54 Å². The number of anilines is 2. The van der Waals surface area contributed by atoms with Crippen LogP contribution in [-0.2, 0) is 6.54 Å². The van der Waals surface area contributed by atoms with Crippen LogP contribution in [0.5, 0.6) is 0 Å². The normalized spacial score (nSPS) is 11.4. The van der Waals surface area contributed by atoms with Crippen LogP contribution in [0.15, 0.2) is 247 Å². The number of hydrogen-bond acceptors (Lipinski definition) is 3. The minimum absolute atomic E-state index is 0.638. The lowest BCUT2D eigenvalue weighted by atomic mass is 9.97. The summed E-state index contributed by atoms with van der Waals surface area (Å²) < 4.78 is 6.29. The van der Waals surface area contributed by atoms with E-state index in [4.69, 9.17) is 9.40 Å². The van der Waals surface area contributed by atoms with Crippen molar-refractivity contribution in [2.75, 3.05) is 4.90 Å². The van der Waals surface area contributed by atoms with Gasteiger partial charge in [0.25, 0.3) is 0 Å². The number of hydrogen-bond donors (Lipinski definition) is 0. The Morgan fingerprint density at radius 1 is 0.338 bits per heavy atom. The Balaban J connectivity index is 0.836. The quantitative estimate of drug-likeness (QED) is 0.145. The van der Waals surface area contributed by atoms with Gasteiger partial charge in [-0.3, -0.25) is 0 Å². The Bertz CT molecular complexity index is 3670. The van der Waals surface area contributed by atoms with Crippen molar-refractivity contribution in [3.63, 3.8) is 0 Å². The summed E-state index contributed by atoms with van der Waals surface area (Å²) >= 11 is 0. The standard InChI is InChI=1S/C62H42N2O/c1-3-11-42(12-4-1)49-24-25-52-40-57(34-29-51(52)37-49)64(41-55-17-9-10-18-58(55)47-14-5-2-6-15-47)56-32-27-45(28-33-56)44-19-21-46(22-20-44)50-30-35-59-53(38-50)31-36-60-61(59)63-62(65-60)54-26-23-43-13-7-8-16-48(43)39-54/h1-40H,41H2. The summed E-state index contributed by atoms with van der Waals surface area (Å²) in [6, 6.07) is 87.1. The van der Waals surface area contributed by atoms with Gasteiger partial charge >= 0.3 is 0 Å². The van der Waals surface area contributed by atoms with E-state index in [-0.39, 0.29) is 0 Å². The van der Waals surface area contributed by atoms with E-state index < -0.39 is 0 Å². The maximum atomic E-state index is 6.29. The topological polar surface area (TPSA) is 29.3 Å². The van der Waals surface area contributed by atoms with Gasteiger partial charge in [0.05, 0.1) is 0 Å². The van der Waals surface area contributed by atoms with Gasteiger partial charge in [-0.25, -0.2) is 4.98 Å². The minimum Gasteiger partial charge on any atom is -0.436 e.